The van der Waals surface area contributed by atoms with Crippen LogP contribution in [-0.4, -0.2) is 30.1 Å². The zero-order valence-corrected chi connectivity index (χ0v) is 14.7. The molecule has 1 amide bonds. The van der Waals surface area contributed by atoms with Gasteiger partial charge in [0.15, 0.2) is 0 Å². The van der Waals surface area contributed by atoms with E-state index in [1.54, 1.807) is 24.3 Å². The van der Waals surface area contributed by atoms with Gasteiger partial charge in [-0.1, -0.05) is 29.8 Å². The minimum atomic E-state index is -3.84. The fourth-order valence-corrected chi connectivity index (χ4v) is 5.17. The molecule has 0 spiro atoms. The first-order valence-electron chi connectivity index (χ1n) is 8.18. The summed E-state index contributed by atoms with van der Waals surface area (Å²) in [5.41, 5.74) is 1.78. The van der Waals surface area contributed by atoms with E-state index in [2.05, 4.69) is 0 Å². The molecule has 3 unspecified atom stereocenters. The van der Waals surface area contributed by atoms with E-state index in [9.17, 15) is 23.3 Å². The molecule has 0 N–H and O–H groups in total. The first-order valence-corrected chi connectivity index (χ1v) is 9.62. The number of amides is 1. The molecule has 2 aromatic rings. The molecule has 26 heavy (non-hydrogen) atoms. The minimum Gasteiger partial charge on any atom is -0.273 e. The predicted molar refractivity (Wildman–Crippen MR) is 92.9 cm³/mol. The van der Waals surface area contributed by atoms with Gasteiger partial charge >= 0.3 is 0 Å². The van der Waals surface area contributed by atoms with Gasteiger partial charge in [-0.25, -0.2) is 12.7 Å². The summed E-state index contributed by atoms with van der Waals surface area (Å²) >= 11 is 0. The number of non-ortho nitro benzene ring substituents is 1. The minimum absolute atomic E-state index is 0.00513. The van der Waals surface area contributed by atoms with Gasteiger partial charge < -0.3 is 0 Å². The maximum absolute atomic E-state index is 12.7. The summed E-state index contributed by atoms with van der Waals surface area (Å²) in [5.74, 6) is -0.882. The smallest absolute Gasteiger partial charge is 0.269 e. The van der Waals surface area contributed by atoms with Gasteiger partial charge in [-0.15, -0.1) is 0 Å². The number of nitrogens with zero attached hydrogens (tertiary/aromatic N) is 2. The van der Waals surface area contributed by atoms with Gasteiger partial charge in [0.25, 0.3) is 15.7 Å². The van der Waals surface area contributed by atoms with Crippen LogP contribution in [-0.2, 0) is 14.8 Å². The number of nitro benzene ring substituents is 1. The largest absolute Gasteiger partial charge is 0.273 e. The quantitative estimate of drug-likeness (QED) is 0.606. The number of carbonyl (C=O) groups is 1. The van der Waals surface area contributed by atoms with Crippen molar-refractivity contribution in [3.63, 3.8) is 0 Å². The molecular weight excluding hydrogens is 356 g/mol. The predicted octanol–water partition coefficient (Wildman–Crippen LogP) is 2.46. The van der Waals surface area contributed by atoms with Gasteiger partial charge in [0.2, 0.25) is 5.91 Å². The molecule has 4 rings (SSSR count). The Morgan fingerprint density at radius 3 is 2.15 bits per heavy atom. The second-order valence-electron chi connectivity index (χ2n) is 6.75. The first kappa shape index (κ1) is 16.7. The maximum atomic E-state index is 12.7. The molecule has 134 valence electrons. The molecule has 1 aliphatic carbocycles. The monoisotopic (exact) mass is 372 g/mol. The fourth-order valence-electron chi connectivity index (χ4n) is 3.71. The molecule has 2 fully saturated rings. The van der Waals surface area contributed by atoms with Crippen LogP contribution < -0.4 is 0 Å². The average molecular weight is 372 g/mol. The second kappa shape index (κ2) is 5.63. The molecule has 2 aromatic carbocycles. The Bertz CT molecular complexity index is 999. The van der Waals surface area contributed by atoms with E-state index < -0.39 is 14.9 Å². The highest BCUT2D eigenvalue weighted by Gasteiger charge is 2.64. The van der Waals surface area contributed by atoms with E-state index in [-0.39, 0.29) is 40.8 Å². The molecule has 8 heteroatoms. The molecule has 0 aromatic heterocycles. The van der Waals surface area contributed by atoms with Gasteiger partial charge in [0, 0.05) is 24.6 Å². The summed E-state index contributed by atoms with van der Waals surface area (Å²) in [5, 5.41) is 10.7. The van der Waals surface area contributed by atoms with Crippen molar-refractivity contribution in [3.8, 4) is 0 Å². The van der Waals surface area contributed by atoms with E-state index in [1.807, 2.05) is 6.92 Å². The van der Waals surface area contributed by atoms with Gasteiger partial charge in [-0.05, 0) is 30.5 Å². The SMILES string of the molecule is Cc1ccc(S(=O)(=O)N2CC3C(C2=O)C3c2ccc([N+](=O)[O-])cc2)cc1. The topological polar surface area (TPSA) is 97.6 Å². The maximum Gasteiger partial charge on any atom is 0.269 e. The van der Waals surface area contributed by atoms with Crippen molar-refractivity contribution in [1.29, 1.82) is 0 Å². The van der Waals surface area contributed by atoms with Gasteiger partial charge in [-0.2, -0.15) is 0 Å². The Morgan fingerprint density at radius 2 is 1.65 bits per heavy atom. The Balaban J connectivity index is 1.53. The number of fused-ring (bicyclic) bond motifs is 1. The zero-order chi connectivity index (χ0) is 18.6. The number of sulfonamides is 1. The lowest BCUT2D eigenvalue weighted by atomic mass is 10.1. The van der Waals surface area contributed by atoms with Crippen LogP contribution in [0, 0.1) is 28.9 Å². The number of benzene rings is 2. The van der Waals surface area contributed by atoms with Crippen molar-refractivity contribution in [2.24, 2.45) is 11.8 Å². The molecular formula is C18H16N2O5S. The number of rotatable bonds is 4. The van der Waals surface area contributed by atoms with Crippen molar-refractivity contribution in [2.45, 2.75) is 17.7 Å². The highest BCUT2D eigenvalue weighted by atomic mass is 32.2. The van der Waals surface area contributed by atoms with Crippen LogP contribution in [0.5, 0.6) is 0 Å². The lowest BCUT2D eigenvalue weighted by molar-refractivity contribution is -0.384. The lowest BCUT2D eigenvalue weighted by Gasteiger charge is -2.20. The molecule has 3 atom stereocenters. The second-order valence-corrected chi connectivity index (χ2v) is 8.61. The summed E-state index contributed by atoms with van der Waals surface area (Å²) in [6, 6.07) is 12.5. The van der Waals surface area contributed by atoms with Crippen LogP contribution in [0.3, 0.4) is 0 Å². The molecule has 1 heterocycles. The Kier molecular flexibility index (Phi) is 3.62. The molecule has 7 nitrogen and oxygen atoms in total. The third-order valence-corrected chi connectivity index (χ3v) is 6.95. The standard InChI is InChI=1S/C18H16N2O5S/c1-11-2-8-14(9-3-11)26(24,25)19-10-15-16(17(15)18(19)21)12-4-6-13(7-5-12)20(22)23/h2-9,15-17H,10H2,1H3. The van der Waals surface area contributed by atoms with E-state index in [4.69, 9.17) is 0 Å². The van der Waals surface area contributed by atoms with Crippen molar-refractivity contribution < 1.29 is 18.1 Å². The van der Waals surface area contributed by atoms with Crippen LogP contribution in [0.4, 0.5) is 5.69 Å². The number of hydrogen-bond donors (Lipinski definition) is 0. The molecule has 2 aliphatic rings. The van der Waals surface area contributed by atoms with E-state index in [0.717, 1.165) is 15.4 Å². The number of piperidine rings is 1. The number of aryl methyl sites for hydroxylation is 1. The van der Waals surface area contributed by atoms with Gasteiger partial charge in [0.1, 0.15) is 0 Å². The van der Waals surface area contributed by atoms with E-state index in [0.29, 0.717) is 0 Å². The Morgan fingerprint density at radius 1 is 1.04 bits per heavy atom. The van der Waals surface area contributed by atoms with E-state index >= 15 is 0 Å². The molecule has 1 saturated heterocycles. The third-order valence-electron chi connectivity index (χ3n) is 5.17. The van der Waals surface area contributed by atoms with Crippen molar-refractivity contribution in [2.75, 3.05) is 6.54 Å². The molecule has 1 saturated carbocycles. The van der Waals surface area contributed by atoms with Gasteiger partial charge in [0.05, 0.1) is 15.7 Å². The van der Waals surface area contributed by atoms with Crippen molar-refractivity contribution >= 4 is 21.6 Å². The van der Waals surface area contributed by atoms with Crippen LogP contribution in [0.2, 0.25) is 0 Å². The Labute approximate surface area is 150 Å². The highest BCUT2D eigenvalue weighted by Crippen LogP contribution is 2.59. The fraction of sp³-hybridized carbons (Fsp3) is 0.278. The Hall–Kier alpha value is -2.74. The molecule has 1 aliphatic heterocycles. The molecule has 0 bridgehead atoms. The average Bonchev–Trinajstić information content (AvgIpc) is 3.23. The lowest BCUT2D eigenvalue weighted by Crippen LogP contribution is -2.35. The highest BCUT2D eigenvalue weighted by molar-refractivity contribution is 7.89. The third kappa shape index (κ3) is 2.48. The van der Waals surface area contributed by atoms with Crippen LogP contribution in [0.1, 0.15) is 17.0 Å². The normalized spacial score (nSPS) is 24.4. The number of nitro groups is 1. The zero-order valence-electron chi connectivity index (χ0n) is 13.9. The van der Waals surface area contributed by atoms with Crippen molar-refractivity contribution in [3.05, 3.63) is 69.8 Å². The first-order chi connectivity index (χ1) is 12.3. The van der Waals surface area contributed by atoms with Crippen molar-refractivity contribution in [1.82, 2.24) is 4.31 Å². The summed E-state index contributed by atoms with van der Waals surface area (Å²) in [4.78, 5) is 23.0. The van der Waals surface area contributed by atoms with Crippen LogP contribution >= 0.6 is 0 Å². The summed E-state index contributed by atoms with van der Waals surface area (Å²) < 4.78 is 26.4. The van der Waals surface area contributed by atoms with E-state index in [1.165, 1.54) is 24.3 Å². The summed E-state index contributed by atoms with van der Waals surface area (Å²) in [7, 11) is -3.84. The molecule has 0 radical (unpaired) electrons. The van der Waals surface area contributed by atoms with Crippen LogP contribution in [0.25, 0.3) is 0 Å². The van der Waals surface area contributed by atoms with Gasteiger partial charge in [-0.3, -0.25) is 14.9 Å². The van der Waals surface area contributed by atoms with Crippen LogP contribution in [0.15, 0.2) is 53.4 Å². The summed E-state index contributed by atoms with van der Waals surface area (Å²) in [6.07, 6.45) is 0. The number of hydrogen-bond acceptors (Lipinski definition) is 5. The summed E-state index contributed by atoms with van der Waals surface area (Å²) in [6.45, 7) is 2.02. The number of carbonyl (C=O) groups excluding carboxylic acids is 1.